The number of para-hydroxylation sites is 1. The number of aromatic nitrogens is 3. The molecule has 1 amide bonds. The zero-order chi connectivity index (χ0) is 25.8. The second-order valence-electron chi connectivity index (χ2n) is 8.75. The number of carbonyl (C=O) groups is 1. The Balaban J connectivity index is 1.35. The van der Waals surface area contributed by atoms with Crippen LogP contribution in [0.4, 0.5) is 28.6 Å². The van der Waals surface area contributed by atoms with E-state index in [0.29, 0.717) is 11.4 Å². The van der Waals surface area contributed by atoms with Gasteiger partial charge in [0, 0.05) is 48.8 Å². The summed E-state index contributed by atoms with van der Waals surface area (Å²) < 4.78 is 0. The fraction of sp³-hybridized carbons (Fsp3) is 0.103. The van der Waals surface area contributed by atoms with E-state index >= 15 is 0 Å². The molecule has 3 heterocycles. The SMILES string of the molecule is Cc1cc(Nc2ccc(NC(=O)c3cccc(N(c4ccnc5ccccc45)N(C)C)c3)nc2)ccn1. The first kappa shape index (κ1) is 23.9. The maximum Gasteiger partial charge on any atom is 0.256 e. The van der Waals surface area contributed by atoms with Crippen LogP contribution in [0.15, 0.2) is 97.5 Å². The summed E-state index contributed by atoms with van der Waals surface area (Å²) in [7, 11) is 3.93. The summed E-state index contributed by atoms with van der Waals surface area (Å²) >= 11 is 0. The molecule has 0 spiro atoms. The van der Waals surface area contributed by atoms with Crippen LogP contribution in [0.3, 0.4) is 0 Å². The lowest BCUT2D eigenvalue weighted by Crippen LogP contribution is -2.33. The Kier molecular flexibility index (Phi) is 6.74. The van der Waals surface area contributed by atoms with Crippen LogP contribution in [-0.2, 0) is 0 Å². The number of nitrogens with one attached hydrogen (secondary N) is 2. The Morgan fingerprint density at radius 3 is 2.43 bits per heavy atom. The van der Waals surface area contributed by atoms with Gasteiger partial charge in [0.15, 0.2) is 0 Å². The van der Waals surface area contributed by atoms with Gasteiger partial charge in [0.2, 0.25) is 0 Å². The predicted molar refractivity (Wildman–Crippen MR) is 148 cm³/mol. The minimum Gasteiger partial charge on any atom is -0.354 e. The monoisotopic (exact) mass is 489 g/mol. The second-order valence-corrected chi connectivity index (χ2v) is 8.75. The molecule has 0 saturated heterocycles. The van der Waals surface area contributed by atoms with Crippen LogP contribution in [0.25, 0.3) is 10.9 Å². The van der Waals surface area contributed by atoms with Gasteiger partial charge in [0.1, 0.15) is 5.82 Å². The molecule has 2 aromatic carbocycles. The van der Waals surface area contributed by atoms with Crippen molar-refractivity contribution in [1.82, 2.24) is 20.0 Å². The normalized spacial score (nSPS) is 10.9. The van der Waals surface area contributed by atoms with Crippen molar-refractivity contribution in [2.24, 2.45) is 0 Å². The quantitative estimate of drug-likeness (QED) is 0.274. The van der Waals surface area contributed by atoms with Crippen LogP contribution in [0.1, 0.15) is 16.1 Å². The van der Waals surface area contributed by atoms with Gasteiger partial charge in [-0.25, -0.2) is 9.99 Å². The molecule has 0 bridgehead atoms. The van der Waals surface area contributed by atoms with Crippen LogP contribution < -0.4 is 15.6 Å². The maximum absolute atomic E-state index is 13.1. The van der Waals surface area contributed by atoms with Crippen molar-refractivity contribution in [3.8, 4) is 0 Å². The fourth-order valence-electron chi connectivity index (χ4n) is 4.15. The zero-order valence-corrected chi connectivity index (χ0v) is 20.9. The number of carbonyl (C=O) groups excluding carboxylic acids is 1. The molecule has 8 nitrogen and oxygen atoms in total. The molecule has 0 radical (unpaired) electrons. The van der Waals surface area contributed by atoms with Crippen molar-refractivity contribution >= 4 is 45.4 Å². The van der Waals surface area contributed by atoms with Gasteiger partial charge in [-0.2, -0.15) is 0 Å². The minimum atomic E-state index is -0.238. The van der Waals surface area contributed by atoms with E-state index < -0.39 is 0 Å². The van der Waals surface area contributed by atoms with Gasteiger partial charge >= 0.3 is 0 Å². The number of pyridine rings is 3. The number of nitrogens with zero attached hydrogens (tertiary/aromatic N) is 5. The summed E-state index contributed by atoms with van der Waals surface area (Å²) in [4.78, 5) is 26.2. The molecule has 3 aromatic heterocycles. The highest BCUT2D eigenvalue weighted by molar-refractivity contribution is 6.04. The van der Waals surface area contributed by atoms with Gasteiger partial charge in [-0.3, -0.25) is 19.8 Å². The van der Waals surface area contributed by atoms with Crippen molar-refractivity contribution in [3.05, 3.63) is 109 Å². The lowest BCUT2D eigenvalue weighted by Gasteiger charge is -2.32. The summed E-state index contributed by atoms with van der Waals surface area (Å²) in [6.45, 7) is 1.94. The van der Waals surface area contributed by atoms with Gasteiger partial charge in [-0.15, -0.1) is 0 Å². The number of rotatable bonds is 7. The molecule has 0 unspecified atom stereocenters. The van der Waals surface area contributed by atoms with E-state index in [1.165, 1.54) is 0 Å². The van der Waals surface area contributed by atoms with Crippen molar-refractivity contribution in [1.29, 1.82) is 0 Å². The van der Waals surface area contributed by atoms with Crippen LogP contribution >= 0.6 is 0 Å². The highest BCUT2D eigenvalue weighted by Gasteiger charge is 2.17. The number of hydrogen-bond donors (Lipinski definition) is 2. The fourth-order valence-corrected chi connectivity index (χ4v) is 4.15. The number of fused-ring (bicyclic) bond motifs is 1. The standard InChI is InChI=1S/C29H27N7O/c1-20-17-22(13-15-30-20)33-23-11-12-28(32-19-23)34-29(37)21-7-6-8-24(18-21)36(35(2)3)27-14-16-31-26-10-5-4-9-25(26)27/h4-19H,1-3H3,(H,30,33)(H,32,34,37). The predicted octanol–water partition coefficient (Wildman–Crippen LogP) is 5.94. The number of amides is 1. The van der Waals surface area contributed by atoms with Crippen LogP contribution in [-0.4, -0.2) is 40.0 Å². The number of anilines is 5. The molecule has 0 fully saturated rings. The van der Waals surface area contributed by atoms with E-state index in [0.717, 1.165) is 39.3 Å². The number of hydrogen-bond acceptors (Lipinski definition) is 7. The summed E-state index contributed by atoms with van der Waals surface area (Å²) in [5, 5.41) is 11.2. The Morgan fingerprint density at radius 2 is 1.65 bits per heavy atom. The van der Waals surface area contributed by atoms with Crippen LogP contribution in [0.5, 0.6) is 0 Å². The van der Waals surface area contributed by atoms with Crippen LogP contribution in [0.2, 0.25) is 0 Å². The smallest absolute Gasteiger partial charge is 0.256 e. The van der Waals surface area contributed by atoms with E-state index in [-0.39, 0.29) is 5.91 Å². The summed E-state index contributed by atoms with van der Waals surface area (Å²) in [6.07, 6.45) is 5.23. The van der Waals surface area contributed by atoms with Crippen molar-refractivity contribution in [2.75, 3.05) is 29.7 Å². The number of aryl methyl sites for hydroxylation is 1. The second kappa shape index (κ2) is 10.4. The molecule has 0 aliphatic heterocycles. The van der Waals surface area contributed by atoms with E-state index in [4.69, 9.17) is 0 Å². The molecule has 0 aliphatic carbocycles. The van der Waals surface area contributed by atoms with E-state index in [1.807, 2.05) is 92.8 Å². The molecule has 2 N–H and O–H groups in total. The third-order valence-electron chi connectivity index (χ3n) is 5.80. The van der Waals surface area contributed by atoms with Crippen molar-refractivity contribution < 1.29 is 4.79 Å². The summed E-state index contributed by atoms with van der Waals surface area (Å²) in [6, 6.07) is 25.0. The van der Waals surface area contributed by atoms with E-state index in [2.05, 4.69) is 30.6 Å². The highest BCUT2D eigenvalue weighted by atomic mass is 16.1. The molecular weight excluding hydrogens is 462 g/mol. The molecule has 0 aliphatic rings. The average Bonchev–Trinajstić information content (AvgIpc) is 2.90. The van der Waals surface area contributed by atoms with Crippen molar-refractivity contribution in [2.45, 2.75) is 6.92 Å². The molecule has 5 rings (SSSR count). The Labute approximate surface area is 215 Å². The average molecular weight is 490 g/mol. The largest absolute Gasteiger partial charge is 0.354 e. The molecule has 37 heavy (non-hydrogen) atoms. The first-order valence-corrected chi connectivity index (χ1v) is 11.9. The van der Waals surface area contributed by atoms with Gasteiger partial charge in [-0.1, -0.05) is 24.3 Å². The molecular formula is C29H27N7O. The number of benzene rings is 2. The van der Waals surface area contributed by atoms with E-state index in [9.17, 15) is 4.79 Å². The first-order valence-electron chi connectivity index (χ1n) is 11.9. The highest BCUT2D eigenvalue weighted by Crippen LogP contribution is 2.32. The molecule has 8 heteroatoms. The third-order valence-corrected chi connectivity index (χ3v) is 5.80. The van der Waals surface area contributed by atoms with E-state index in [1.54, 1.807) is 30.7 Å². The maximum atomic E-state index is 13.1. The Hall–Kier alpha value is -4.82. The van der Waals surface area contributed by atoms with Gasteiger partial charge < -0.3 is 10.6 Å². The minimum absolute atomic E-state index is 0.238. The van der Waals surface area contributed by atoms with Gasteiger partial charge in [-0.05, 0) is 61.5 Å². The zero-order valence-electron chi connectivity index (χ0n) is 20.9. The summed E-state index contributed by atoms with van der Waals surface area (Å²) in [5.74, 6) is 0.231. The topological polar surface area (TPSA) is 86.3 Å². The third kappa shape index (κ3) is 5.39. The van der Waals surface area contributed by atoms with Crippen molar-refractivity contribution in [3.63, 3.8) is 0 Å². The molecule has 184 valence electrons. The Bertz CT molecular complexity index is 1540. The first-order chi connectivity index (χ1) is 18.0. The Morgan fingerprint density at radius 1 is 0.811 bits per heavy atom. The lowest BCUT2D eigenvalue weighted by atomic mass is 10.1. The van der Waals surface area contributed by atoms with Crippen LogP contribution in [0, 0.1) is 6.92 Å². The summed E-state index contributed by atoms with van der Waals surface area (Å²) in [5.41, 5.74) is 5.93. The number of hydrazine groups is 1. The lowest BCUT2D eigenvalue weighted by molar-refractivity contribution is 0.102. The van der Waals surface area contributed by atoms with Gasteiger partial charge in [0.25, 0.3) is 5.91 Å². The van der Waals surface area contributed by atoms with Gasteiger partial charge in [0.05, 0.1) is 28.8 Å². The molecule has 0 atom stereocenters. The molecule has 5 aromatic rings. The molecule has 0 saturated carbocycles.